The van der Waals surface area contributed by atoms with Crippen molar-refractivity contribution in [1.29, 1.82) is 0 Å². The lowest BCUT2D eigenvalue weighted by Crippen LogP contribution is -2.24. The molecule has 0 aliphatic heterocycles. The van der Waals surface area contributed by atoms with Gasteiger partial charge in [-0.05, 0) is 32.1 Å². The molecule has 1 N–H and O–H groups in total. The highest BCUT2D eigenvalue weighted by atomic mass is 28.2. The van der Waals surface area contributed by atoms with Gasteiger partial charge in [0.2, 0.25) is 0 Å². The van der Waals surface area contributed by atoms with Crippen molar-refractivity contribution in [1.82, 2.24) is 4.90 Å². The molecule has 0 heterocycles. The SMILES string of the molecule is CCN(CC)CCC[SiH2]O. The van der Waals surface area contributed by atoms with Crippen molar-refractivity contribution in [3.8, 4) is 0 Å². The summed E-state index contributed by atoms with van der Waals surface area (Å²) in [7, 11) is -0.671. The fourth-order valence-electron chi connectivity index (χ4n) is 0.987. The van der Waals surface area contributed by atoms with Gasteiger partial charge in [0.05, 0.1) is 0 Å². The van der Waals surface area contributed by atoms with Gasteiger partial charge < -0.3 is 9.70 Å². The monoisotopic (exact) mass is 161 g/mol. The van der Waals surface area contributed by atoms with E-state index in [1.165, 1.54) is 13.0 Å². The third kappa shape index (κ3) is 4.96. The van der Waals surface area contributed by atoms with Gasteiger partial charge in [-0.15, -0.1) is 0 Å². The van der Waals surface area contributed by atoms with Gasteiger partial charge in [-0.2, -0.15) is 0 Å². The van der Waals surface area contributed by atoms with Crippen molar-refractivity contribution in [2.24, 2.45) is 0 Å². The van der Waals surface area contributed by atoms with Crippen LogP contribution in [-0.4, -0.2) is 39.1 Å². The molecule has 0 aromatic rings. The topological polar surface area (TPSA) is 23.5 Å². The molecule has 0 aliphatic rings. The molecule has 2 nitrogen and oxygen atoms in total. The average Bonchev–Trinajstić information content (AvgIpc) is 1.99. The molecule has 0 atom stereocenters. The first-order valence-corrected chi connectivity index (χ1v) is 5.81. The van der Waals surface area contributed by atoms with Gasteiger partial charge in [-0.1, -0.05) is 13.8 Å². The Balaban J connectivity index is 3.09. The van der Waals surface area contributed by atoms with Crippen molar-refractivity contribution < 1.29 is 4.80 Å². The predicted molar refractivity (Wildman–Crippen MR) is 48.0 cm³/mol. The lowest BCUT2D eigenvalue weighted by atomic mass is 10.4. The van der Waals surface area contributed by atoms with E-state index in [0.29, 0.717) is 0 Å². The van der Waals surface area contributed by atoms with Crippen LogP contribution in [0.4, 0.5) is 0 Å². The Morgan fingerprint density at radius 1 is 1.30 bits per heavy atom. The van der Waals surface area contributed by atoms with Crippen molar-refractivity contribution >= 4 is 9.76 Å². The quantitative estimate of drug-likeness (QED) is 0.445. The molecule has 0 radical (unpaired) electrons. The van der Waals surface area contributed by atoms with Crippen LogP contribution in [0.15, 0.2) is 0 Å². The van der Waals surface area contributed by atoms with E-state index in [1.54, 1.807) is 0 Å². The van der Waals surface area contributed by atoms with Gasteiger partial charge in [-0.25, -0.2) is 0 Å². The molecule has 0 spiro atoms. The van der Waals surface area contributed by atoms with Crippen LogP contribution in [0.2, 0.25) is 6.04 Å². The molecule has 0 rings (SSSR count). The first-order chi connectivity index (χ1) is 4.85. The molecule has 0 saturated carbocycles. The fourth-order valence-corrected chi connectivity index (χ4v) is 1.43. The molecule has 0 aromatic carbocycles. The van der Waals surface area contributed by atoms with Crippen LogP contribution >= 0.6 is 0 Å². The van der Waals surface area contributed by atoms with Gasteiger partial charge in [0.25, 0.3) is 0 Å². The summed E-state index contributed by atoms with van der Waals surface area (Å²) in [5.74, 6) is 0. The third-order valence-corrected chi connectivity index (χ3v) is 2.59. The van der Waals surface area contributed by atoms with E-state index in [9.17, 15) is 0 Å². The first kappa shape index (κ1) is 10.1. The molecule has 62 valence electrons. The van der Waals surface area contributed by atoms with E-state index in [4.69, 9.17) is 4.80 Å². The van der Waals surface area contributed by atoms with Crippen LogP contribution in [-0.2, 0) is 0 Å². The van der Waals surface area contributed by atoms with Gasteiger partial charge in [0.1, 0.15) is 0 Å². The van der Waals surface area contributed by atoms with Crippen molar-refractivity contribution in [2.75, 3.05) is 19.6 Å². The van der Waals surface area contributed by atoms with E-state index < -0.39 is 9.76 Å². The Morgan fingerprint density at radius 2 is 1.90 bits per heavy atom. The summed E-state index contributed by atoms with van der Waals surface area (Å²) in [4.78, 5) is 11.0. The molecule has 10 heavy (non-hydrogen) atoms. The summed E-state index contributed by atoms with van der Waals surface area (Å²) in [5, 5.41) is 0. The highest BCUT2D eigenvalue weighted by Gasteiger charge is 1.96. The second-order valence-corrected chi connectivity index (χ2v) is 3.61. The molecule has 3 heteroatoms. The van der Waals surface area contributed by atoms with Crippen molar-refractivity contribution in [3.05, 3.63) is 0 Å². The largest absolute Gasteiger partial charge is 0.438 e. The van der Waals surface area contributed by atoms with Crippen molar-refractivity contribution in [2.45, 2.75) is 26.3 Å². The normalized spacial score (nSPS) is 12.0. The first-order valence-electron chi connectivity index (χ1n) is 4.18. The number of hydrogen-bond acceptors (Lipinski definition) is 2. The minimum Gasteiger partial charge on any atom is -0.438 e. The van der Waals surface area contributed by atoms with Gasteiger partial charge >= 0.3 is 0 Å². The molecule has 0 amide bonds. The van der Waals surface area contributed by atoms with Crippen LogP contribution in [0, 0.1) is 0 Å². The Hall–Kier alpha value is 0.137. The Labute approximate surface area is 66.2 Å². The van der Waals surface area contributed by atoms with Gasteiger partial charge in [0.15, 0.2) is 9.76 Å². The van der Waals surface area contributed by atoms with Gasteiger partial charge in [0, 0.05) is 0 Å². The highest BCUT2D eigenvalue weighted by molar-refractivity contribution is 6.25. The minimum atomic E-state index is -0.671. The maximum Gasteiger partial charge on any atom is 0.156 e. The van der Waals surface area contributed by atoms with E-state index in [2.05, 4.69) is 18.7 Å². The van der Waals surface area contributed by atoms with E-state index in [0.717, 1.165) is 19.1 Å². The van der Waals surface area contributed by atoms with Crippen LogP contribution in [0.25, 0.3) is 0 Å². The van der Waals surface area contributed by atoms with Crippen LogP contribution in [0.1, 0.15) is 20.3 Å². The maximum atomic E-state index is 8.64. The predicted octanol–water partition coefficient (Wildman–Crippen LogP) is 0.213. The molecule has 0 unspecified atom stereocenters. The van der Waals surface area contributed by atoms with Gasteiger partial charge in [-0.3, -0.25) is 0 Å². The average molecular weight is 161 g/mol. The smallest absolute Gasteiger partial charge is 0.156 e. The second kappa shape index (κ2) is 7.25. The molecule has 0 fully saturated rings. The molecule has 0 saturated heterocycles. The summed E-state index contributed by atoms with van der Waals surface area (Å²) in [6.07, 6.45) is 1.18. The zero-order chi connectivity index (χ0) is 7.82. The Bertz CT molecular complexity index is 66.6. The third-order valence-electron chi connectivity index (χ3n) is 1.78. The second-order valence-electron chi connectivity index (χ2n) is 2.46. The van der Waals surface area contributed by atoms with E-state index in [-0.39, 0.29) is 0 Å². The zero-order valence-corrected chi connectivity index (χ0v) is 8.55. The molecular formula is C7H19NOSi. The fraction of sp³-hybridized carbons (Fsp3) is 1.00. The Kier molecular flexibility index (Phi) is 7.35. The number of hydrogen-bond donors (Lipinski definition) is 1. The number of nitrogens with zero attached hydrogens (tertiary/aromatic N) is 1. The lowest BCUT2D eigenvalue weighted by Gasteiger charge is -2.16. The van der Waals surface area contributed by atoms with Crippen LogP contribution in [0.5, 0.6) is 0 Å². The maximum absolute atomic E-state index is 8.64. The molecule has 0 bridgehead atoms. The minimum absolute atomic E-state index is 0.671. The molecule has 0 aliphatic carbocycles. The van der Waals surface area contributed by atoms with Crippen molar-refractivity contribution in [3.63, 3.8) is 0 Å². The lowest BCUT2D eigenvalue weighted by molar-refractivity contribution is 0.304. The molecule has 0 aromatic heterocycles. The number of rotatable bonds is 6. The highest BCUT2D eigenvalue weighted by Crippen LogP contribution is 1.93. The van der Waals surface area contributed by atoms with E-state index >= 15 is 0 Å². The van der Waals surface area contributed by atoms with E-state index in [1.807, 2.05) is 0 Å². The standard InChI is InChI=1S/C7H19NOSi/c1-3-8(4-2)6-5-7-10-9/h9H,3-7,10H2,1-2H3. The summed E-state index contributed by atoms with van der Waals surface area (Å²) in [6.45, 7) is 7.81. The summed E-state index contributed by atoms with van der Waals surface area (Å²) >= 11 is 0. The van der Waals surface area contributed by atoms with Crippen LogP contribution < -0.4 is 0 Å². The zero-order valence-electron chi connectivity index (χ0n) is 7.14. The summed E-state index contributed by atoms with van der Waals surface area (Å²) in [5.41, 5.74) is 0. The Morgan fingerprint density at radius 3 is 2.30 bits per heavy atom. The summed E-state index contributed by atoms with van der Waals surface area (Å²) < 4.78 is 0. The molecular weight excluding hydrogens is 142 g/mol. The summed E-state index contributed by atoms with van der Waals surface area (Å²) in [6, 6.07) is 1.08. The van der Waals surface area contributed by atoms with Crippen LogP contribution in [0.3, 0.4) is 0 Å².